The molecular formula is C12H19NO6. The first-order chi connectivity index (χ1) is 8.60. The number of likely N-dealkylation sites (tertiary alicyclic amines) is 1. The first kappa shape index (κ1) is 15.3. The Morgan fingerprint density at radius 3 is 2.26 bits per heavy atom. The van der Waals surface area contributed by atoms with Gasteiger partial charge in [-0.05, 0) is 33.1 Å². The van der Waals surface area contributed by atoms with Crippen LogP contribution < -0.4 is 0 Å². The molecule has 0 aromatic heterocycles. The van der Waals surface area contributed by atoms with E-state index in [1.165, 1.54) is 0 Å². The molecule has 0 bridgehead atoms. The van der Waals surface area contributed by atoms with Gasteiger partial charge in [0.25, 0.3) is 0 Å². The molecule has 108 valence electrons. The van der Waals surface area contributed by atoms with Crippen LogP contribution in [-0.4, -0.2) is 51.3 Å². The summed E-state index contributed by atoms with van der Waals surface area (Å²) in [6, 6.07) is -1.01. The number of carbonyl (C=O) groups is 3. The summed E-state index contributed by atoms with van der Waals surface area (Å²) in [5.41, 5.74) is -0.717. The van der Waals surface area contributed by atoms with E-state index in [9.17, 15) is 14.4 Å². The van der Waals surface area contributed by atoms with Crippen molar-refractivity contribution < 1.29 is 29.3 Å². The lowest BCUT2D eigenvalue weighted by atomic mass is 10.0. The van der Waals surface area contributed by atoms with E-state index in [1.807, 2.05) is 0 Å². The second-order valence-corrected chi connectivity index (χ2v) is 5.69. The Labute approximate surface area is 111 Å². The molecule has 1 rings (SSSR count). The third-order valence-electron chi connectivity index (χ3n) is 2.76. The maximum Gasteiger partial charge on any atom is 0.411 e. The van der Waals surface area contributed by atoms with Crippen molar-refractivity contribution in [2.24, 2.45) is 5.92 Å². The van der Waals surface area contributed by atoms with Gasteiger partial charge in [-0.15, -0.1) is 0 Å². The minimum absolute atomic E-state index is 0.0954. The smallest absolute Gasteiger partial charge is 0.411 e. The van der Waals surface area contributed by atoms with E-state index in [0.717, 1.165) is 4.90 Å². The summed E-state index contributed by atoms with van der Waals surface area (Å²) in [5, 5.41) is 17.8. The van der Waals surface area contributed by atoms with Gasteiger partial charge in [-0.2, -0.15) is 0 Å². The largest absolute Gasteiger partial charge is 0.481 e. The summed E-state index contributed by atoms with van der Waals surface area (Å²) >= 11 is 0. The molecule has 0 aromatic rings. The summed E-state index contributed by atoms with van der Waals surface area (Å²) in [6.07, 6.45) is -0.725. The molecule has 0 spiro atoms. The molecule has 1 saturated heterocycles. The molecule has 19 heavy (non-hydrogen) atoms. The van der Waals surface area contributed by atoms with Crippen LogP contribution in [0.15, 0.2) is 0 Å². The number of rotatable bonds is 3. The second kappa shape index (κ2) is 5.46. The van der Waals surface area contributed by atoms with Crippen molar-refractivity contribution in [1.82, 2.24) is 4.90 Å². The fourth-order valence-corrected chi connectivity index (χ4v) is 2.07. The normalized spacial score (nSPS) is 23.2. The van der Waals surface area contributed by atoms with E-state index in [1.54, 1.807) is 20.8 Å². The molecule has 2 unspecified atom stereocenters. The third kappa shape index (κ3) is 4.42. The molecule has 1 aliphatic heterocycles. The molecule has 0 aliphatic carbocycles. The van der Waals surface area contributed by atoms with Crippen LogP contribution in [0.2, 0.25) is 0 Å². The molecule has 1 aliphatic rings. The zero-order valence-electron chi connectivity index (χ0n) is 11.3. The first-order valence-corrected chi connectivity index (χ1v) is 6.04. The Morgan fingerprint density at radius 1 is 1.26 bits per heavy atom. The Hall–Kier alpha value is -1.79. The van der Waals surface area contributed by atoms with Crippen molar-refractivity contribution in [3.05, 3.63) is 0 Å². The van der Waals surface area contributed by atoms with Crippen LogP contribution in [0.4, 0.5) is 4.79 Å². The Balaban J connectivity index is 2.76. The van der Waals surface area contributed by atoms with Crippen LogP contribution in [0, 0.1) is 5.92 Å². The zero-order chi connectivity index (χ0) is 14.8. The van der Waals surface area contributed by atoms with Gasteiger partial charge >= 0.3 is 18.0 Å². The molecule has 0 saturated carbocycles. The number of hydrogen-bond donors (Lipinski definition) is 2. The summed E-state index contributed by atoms with van der Waals surface area (Å²) in [6.45, 7) is 5.15. The number of ether oxygens (including phenoxy) is 1. The minimum atomic E-state index is -1.14. The van der Waals surface area contributed by atoms with Crippen molar-refractivity contribution in [2.75, 3.05) is 6.54 Å². The van der Waals surface area contributed by atoms with Gasteiger partial charge in [-0.25, -0.2) is 9.59 Å². The molecule has 1 fully saturated rings. The quantitative estimate of drug-likeness (QED) is 0.799. The van der Waals surface area contributed by atoms with Gasteiger partial charge in [0, 0.05) is 13.0 Å². The van der Waals surface area contributed by atoms with Crippen LogP contribution in [0.1, 0.15) is 33.6 Å². The Bertz CT molecular complexity index is 386. The predicted molar refractivity (Wildman–Crippen MR) is 64.7 cm³/mol. The van der Waals surface area contributed by atoms with Crippen molar-refractivity contribution >= 4 is 18.0 Å². The summed E-state index contributed by atoms with van der Waals surface area (Å²) in [5.74, 6) is -2.50. The second-order valence-electron chi connectivity index (χ2n) is 5.69. The predicted octanol–water partition coefficient (Wildman–Crippen LogP) is 1.17. The molecule has 7 nitrogen and oxygen atoms in total. The summed E-state index contributed by atoms with van der Waals surface area (Å²) in [4.78, 5) is 34.8. The van der Waals surface area contributed by atoms with E-state index >= 15 is 0 Å². The number of aliphatic carboxylic acids is 2. The van der Waals surface area contributed by atoms with Crippen molar-refractivity contribution in [1.29, 1.82) is 0 Å². The molecule has 1 heterocycles. The number of carboxylic acids is 2. The minimum Gasteiger partial charge on any atom is -0.481 e. The summed E-state index contributed by atoms with van der Waals surface area (Å²) in [7, 11) is 0. The number of nitrogens with zero attached hydrogens (tertiary/aromatic N) is 1. The van der Waals surface area contributed by atoms with Gasteiger partial charge in [0.1, 0.15) is 11.6 Å². The average Bonchev–Trinajstić information content (AvgIpc) is 2.57. The highest BCUT2D eigenvalue weighted by atomic mass is 16.6. The lowest BCUT2D eigenvalue weighted by molar-refractivity contribution is -0.142. The van der Waals surface area contributed by atoms with Crippen LogP contribution in [0.25, 0.3) is 0 Å². The van der Waals surface area contributed by atoms with Gasteiger partial charge in [0.15, 0.2) is 0 Å². The first-order valence-electron chi connectivity index (χ1n) is 6.04. The van der Waals surface area contributed by atoms with E-state index in [4.69, 9.17) is 14.9 Å². The van der Waals surface area contributed by atoms with Gasteiger partial charge < -0.3 is 14.9 Å². The van der Waals surface area contributed by atoms with Crippen LogP contribution in [0.3, 0.4) is 0 Å². The number of amides is 1. The van der Waals surface area contributed by atoms with Crippen LogP contribution in [-0.2, 0) is 14.3 Å². The van der Waals surface area contributed by atoms with Crippen molar-refractivity contribution in [3.8, 4) is 0 Å². The van der Waals surface area contributed by atoms with Crippen LogP contribution >= 0.6 is 0 Å². The fourth-order valence-electron chi connectivity index (χ4n) is 2.07. The number of hydrogen-bond acceptors (Lipinski definition) is 4. The zero-order valence-corrected chi connectivity index (χ0v) is 11.3. The average molecular weight is 273 g/mol. The highest BCUT2D eigenvalue weighted by molar-refractivity contribution is 5.81. The summed E-state index contributed by atoms with van der Waals surface area (Å²) < 4.78 is 5.13. The number of carbonyl (C=O) groups excluding carboxylic acids is 1. The molecular weight excluding hydrogens is 254 g/mol. The van der Waals surface area contributed by atoms with Gasteiger partial charge in [0.05, 0.1) is 0 Å². The highest BCUT2D eigenvalue weighted by Crippen LogP contribution is 2.27. The maximum absolute atomic E-state index is 11.9. The van der Waals surface area contributed by atoms with E-state index in [-0.39, 0.29) is 25.3 Å². The number of carboxylic acid groups (broad SMARTS) is 2. The third-order valence-corrected chi connectivity index (χ3v) is 2.76. The molecule has 2 atom stereocenters. The molecule has 7 heteroatoms. The van der Waals surface area contributed by atoms with E-state index < -0.39 is 29.7 Å². The van der Waals surface area contributed by atoms with Crippen LogP contribution in [0.5, 0.6) is 0 Å². The SMILES string of the molecule is CC(C)(C)OC(=O)N1CC(CC(=O)O)CC1C(=O)O. The molecule has 1 amide bonds. The lowest BCUT2D eigenvalue weighted by Gasteiger charge is -2.26. The Morgan fingerprint density at radius 2 is 1.84 bits per heavy atom. The molecule has 2 N–H and O–H groups in total. The lowest BCUT2D eigenvalue weighted by Crippen LogP contribution is -2.43. The standard InChI is InChI=1S/C12H19NO6/c1-12(2,3)19-11(18)13-6-7(5-9(14)15)4-8(13)10(16)17/h7-8H,4-6H2,1-3H3,(H,14,15)(H,16,17). The maximum atomic E-state index is 11.9. The van der Waals surface area contributed by atoms with Gasteiger partial charge in [0.2, 0.25) is 0 Å². The van der Waals surface area contributed by atoms with Crippen molar-refractivity contribution in [3.63, 3.8) is 0 Å². The monoisotopic (exact) mass is 273 g/mol. The highest BCUT2D eigenvalue weighted by Gasteiger charge is 2.42. The van der Waals surface area contributed by atoms with E-state index in [0.29, 0.717) is 0 Å². The Kier molecular flexibility index (Phi) is 4.39. The van der Waals surface area contributed by atoms with Gasteiger partial charge in [-0.3, -0.25) is 9.69 Å². The van der Waals surface area contributed by atoms with E-state index in [2.05, 4.69) is 0 Å². The van der Waals surface area contributed by atoms with Crippen molar-refractivity contribution in [2.45, 2.75) is 45.3 Å². The van der Waals surface area contributed by atoms with Gasteiger partial charge in [-0.1, -0.05) is 0 Å². The molecule has 0 radical (unpaired) electrons. The molecule has 0 aromatic carbocycles. The fraction of sp³-hybridized carbons (Fsp3) is 0.750. The topological polar surface area (TPSA) is 104 Å².